The Bertz CT molecular complexity index is 798. The Morgan fingerprint density at radius 3 is 2.85 bits per heavy atom. The molecule has 6 heteroatoms. The zero-order valence-electron chi connectivity index (χ0n) is 10.4. The largest absolute Gasteiger partial charge is 0.326 e. The van der Waals surface area contributed by atoms with Crippen molar-refractivity contribution in [3.8, 4) is 0 Å². The van der Waals surface area contributed by atoms with Crippen LogP contribution in [0.1, 0.15) is 5.56 Å². The lowest BCUT2D eigenvalue weighted by molar-refractivity contribution is -0.385. The van der Waals surface area contributed by atoms with E-state index < -0.39 is 4.92 Å². The summed E-state index contributed by atoms with van der Waals surface area (Å²) in [6.07, 6.45) is 1.68. The maximum atomic E-state index is 11.1. The number of benzene rings is 2. The van der Waals surface area contributed by atoms with Gasteiger partial charge in [0.25, 0.3) is 5.69 Å². The number of nitro groups is 1. The molecule has 1 aromatic heterocycles. The first-order valence-electron chi connectivity index (χ1n) is 5.98. The fourth-order valence-corrected chi connectivity index (χ4v) is 2.37. The number of fused-ring (bicyclic) bond motifs is 1. The second-order valence-electron chi connectivity index (χ2n) is 4.39. The molecule has 20 heavy (non-hydrogen) atoms. The van der Waals surface area contributed by atoms with Crippen LogP contribution in [0.15, 0.2) is 48.8 Å². The van der Waals surface area contributed by atoms with Crippen molar-refractivity contribution in [2.45, 2.75) is 6.54 Å². The van der Waals surface area contributed by atoms with Gasteiger partial charge in [0.05, 0.1) is 34.4 Å². The second kappa shape index (κ2) is 4.94. The molecule has 3 rings (SSSR count). The molecule has 0 saturated carbocycles. The lowest BCUT2D eigenvalue weighted by atomic mass is 10.1. The summed E-state index contributed by atoms with van der Waals surface area (Å²) in [5, 5.41) is 11.5. The monoisotopic (exact) mass is 287 g/mol. The second-order valence-corrected chi connectivity index (χ2v) is 4.83. The molecule has 2 aromatic carbocycles. The van der Waals surface area contributed by atoms with Crippen molar-refractivity contribution in [2.24, 2.45) is 0 Å². The Morgan fingerprint density at radius 2 is 2.05 bits per heavy atom. The minimum Gasteiger partial charge on any atom is -0.326 e. The number of hydrogen-bond donors (Lipinski definition) is 0. The average Bonchev–Trinajstić information content (AvgIpc) is 2.82. The van der Waals surface area contributed by atoms with Gasteiger partial charge in [-0.3, -0.25) is 10.1 Å². The van der Waals surface area contributed by atoms with Crippen LogP contribution < -0.4 is 0 Å². The number of aromatic nitrogens is 2. The molecule has 0 aliphatic heterocycles. The number of nitro benzene ring substituents is 1. The highest BCUT2D eigenvalue weighted by Gasteiger charge is 2.15. The molecule has 0 atom stereocenters. The van der Waals surface area contributed by atoms with Crippen molar-refractivity contribution in [3.63, 3.8) is 0 Å². The van der Waals surface area contributed by atoms with Crippen molar-refractivity contribution >= 4 is 28.3 Å². The predicted octanol–water partition coefficient (Wildman–Crippen LogP) is 3.65. The van der Waals surface area contributed by atoms with Gasteiger partial charge in [0, 0.05) is 11.1 Å². The minimum absolute atomic E-state index is 0.0622. The molecule has 3 aromatic rings. The zero-order valence-corrected chi connectivity index (χ0v) is 11.1. The standard InChI is InChI=1S/C14H10ClN3O2/c15-11-5-6-13(18(19)20)10(7-11)8-17-9-16-12-3-1-2-4-14(12)17/h1-7,9H,8H2. The van der Waals surface area contributed by atoms with Crippen molar-refractivity contribution in [3.05, 3.63) is 69.5 Å². The number of rotatable bonds is 3. The van der Waals surface area contributed by atoms with Crippen LogP contribution in [0.2, 0.25) is 5.02 Å². The minimum atomic E-state index is -0.398. The van der Waals surface area contributed by atoms with E-state index in [1.807, 2.05) is 28.8 Å². The van der Waals surface area contributed by atoms with Gasteiger partial charge in [-0.25, -0.2) is 4.98 Å². The van der Waals surface area contributed by atoms with Crippen LogP contribution in [0.3, 0.4) is 0 Å². The Labute approximate surface area is 119 Å². The van der Waals surface area contributed by atoms with Crippen molar-refractivity contribution in [2.75, 3.05) is 0 Å². The summed E-state index contributed by atoms with van der Waals surface area (Å²) < 4.78 is 1.87. The molecule has 5 nitrogen and oxygen atoms in total. The third-order valence-corrected chi connectivity index (χ3v) is 3.34. The van der Waals surface area contributed by atoms with E-state index in [1.165, 1.54) is 12.1 Å². The van der Waals surface area contributed by atoms with E-state index >= 15 is 0 Å². The lowest BCUT2D eigenvalue weighted by Gasteiger charge is -2.06. The van der Waals surface area contributed by atoms with Crippen LogP contribution in [0.5, 0.6) is 0 Å². The van der Waals surface area contributed by atoms with Gasteiger partial charge in [0.2, 0.25) is 0 Å². The SMILES string of the molecule is O=[N+]([O-])c1ccc(Cl)cc1Cn1cnc2ccccc21. The molecule has 0 radical (unpaired) electrons. The van der Waals surface area contributed by atoms with Crippen LogP contribution in [0.25, 0.3) is 11.0 Å². The number of halogens is 1. The van der Waals surface area contributed by atoms with Crippen LogP contribution in [-0.2, 0) is 6.54 Å². The van der Waals surface area contributed by atoms with Gasteiger partial charge in [-0.1, -0.05) is 23.7 Å². The lowest BCUT2D eigenvalue weighted by Crippen LogP contribution is -2.02. The Balaban J connectivity index is 2.07. The van der Waals surface area contributed by atoms with Gasteiger partial charge in [0.1, 0.15) is 0 Å². The van der Waals surface area contributed by atoms with Crippen LogP contribution >= 0.6 is 11.6 Å². The van der Waals surface area contributed by atoms with E-state index in [0.717, 1.165) is 11.0 Å². The van der Waals surface area contributed by atoms with Gasteiger partial charge < -0.3 is 4.57 Å². The molecular formula is C14H10ClN3O2. The van der Waals surface area contributed by atoms with Crippen molar-refractivity contribution in [1.82, 2.24) is 9.55 Å². The number of imidazole rings is 1. The smallest absolute Gasteiger partial charge is 0.274 e. The first-order valence-corrected chi connectivity index (χ1v) is 6.35. The van der Waals surface area contributed by atoms with E-state index in [-0.39, 0.29) is 5.69 Å². The average molecular weight is 288 g/mol. The summed E-state index contributed by atoms with van der Waals surface area (Å²) >= 11 is 5.93. The van der Waals surface area contributed by atoms with Crippen LogP contribution in [0, 0.1) is 10.1 Å². The third kappa shape index (κ3) is 2.23. The van der Waals surface area contributed by atoms with Gasteiger partial charge in [-0.2, -0.15) is 0 Å². The maximum Gasteiger partial charge on any atom is 0.274 e. The molecule has 0 fully saturated rings. The highest BCUT2D eigenvalue weighted by Crippen LogP contribution is 2.24. The Hall–Kier alpha value is -2.40. The molecule has 0 spiro atoms. The molecule has 1 heterocycles. The van der Waals surface area contributed by atoms with E-state index in [0.29, 0.717) is 17.1 Å². The molecule has 0 saturated heterocycles. The van der Waals surface area contributed by atoms with E-state index in [2.05, 4.69) is 4.98 Å². The third-order valence-electron chi connectivity index (χ3n) is 3.11. The van der Waals surface area contributed by atoms with Crippen molar-refractivity contribution in [1.29, 1.82) is 0 Å². The summed E-state index contributed by atoms with van der Waals surface area (Å²) in [5.74, 6) is 0. The van der Waals surface area contributed by atoms with E-state index in [1.54, 1.807) is 12.4 Å². The molecule has 0 unspecified atom stereocenters. The summed E-state index contributed by atoms with van der Waals surface area (Å²) in [5.41, 5.74) is 2.41. The fourth-order valence-electron chi connectivity index (χ4n) is 2.18. The first kappa shape index (κ1) is 12.6. The molecule has 100 valence electrons. The highest BCUT2D eigenvalue weighted by molar-refractivity contribution is 6.30. The molecule has 0 aliphatic carbocycles. The zero-order chi connectivity index (χ0) is 14.1. The molecule has 0 N–H and O–H groups in total. The maximum absolute atomic E-state index is 11.1. The molecular weight excluding hydrogens is 278 g/mol. The first-order chi connectivity index (χ1) is 9.65. The van der Waals surface area contributed by atoms with E-state index in [9.17, 15) is 10.1 Å². The molecule has 0 aliphatic rings. The summed E-state index contributed by atoms with van der Waals surface area (Å²) in [6, 6.07) is 12.2. The Morgan fingerprint density at radius 1 is 1.25 bits per heavy atom. The topological polar surface area (TPSA) is 61.0 Å². The molecule has 0 bridgehead atoms. The van der Waals surface area contributed by atoms with Gasteiger partial charge in [-0.05, 0) is 24.3 Å². The number of hydrogen-bond acceptors (Lipinski definition) is 3. The summed E-state index contributed by atoms with van der Waals surface area (Å²) in [6.45, 7) is 0.359. The summed E-state index contributed by atoms with van der Waals surface area (Å²) in [7, 11) is 0. The van der Waals surface area contributed by atoms with Crippen molar-refractivity contribution < 1.29 is 4.92 Å². The van der Waals surface area contributed by atoms with Gasteiger partial charge in [0.15, 0.2) is 0 Å². The predicted molar refractivity (Wildman–Crippen MR) is 76.9 cm³/mol. The van der Waals surface area contributed by atoms with E-state index in [4.69, 9.17) is 11.6 Å². The Kier molecular flexibility index (Phi) is 3.12. The van der Waals surface area contributed by atoms with Crippen LogP contribution in [-0.4, -0.2) is 14.5 Å². The van der Waals surface area contributed by atoms with Gasteiger partial charge >= 0.3 is 0 Å². The summed E-state index contributed by atoms with van der Waals surface area (Å²) in [4.78, 5) is 14.9. The highest BCUT2D eigenvalue weighted by atomic mass is 35.5. The number of para-hydroxylation sites is 2. The number of nitrogens with zero attached hydrogens (tertiary/aromatic N) is 3. The van der Waals surface area contributed by atoms with Crippen LogP contribution in [0.4, 0.5) is 5.69 Å². The molecule has 0 amide bonds. The van der Waals surface area contributed by atoms with Gasteiger partial charge in [-0.15, -0.1) is 0 Å². The normalized spacial score (nSPS) is 10.8. The quantitative estimate of drug-likeness (QED) is 0.546. The fraction of sp³-hybridized carbons (Fsp3) is 0.0714.